The number of hydrogen-bond donors (Lipinski definition) is 0. The molecule has 0 aromatic carbocycles. The molecule has 0 bridgehead atoms. The number of aromatic nitrogens is 1. The highest BCUT2D eigenvalue weighted by atomic mass is 32.1. The molecule has 2 rings (SSSR count). The molecule has 2 heterocycles. The van der Waals surface area contributed by atoms with Gasteiger partial charge in [0.1, 0.15) is 11.3 Å². The van der Waals surface area contributed by atoms with Gasteiger partial charge < -0.3 is 19.3 Å². The molecule has 1 saturated heterocycles. The Morgan fingerprint density at radius 1 is 1.11 bits per heavy atom. The zero-order chi connectivity index (χ0) is 20.7. The van der Waals surface area contributed by atoms with Crippen LogP contribution in [-0.2, 0) is 9.47 Å². The first-order chi connectivity index (χ1) is 13.2. The molecule has 0 N–H and O–H groups in total. The van der Waals surface area contributed by atoms with Crippen LogP contribution in [0.5, 0.6) is 0 Å². The Hall–Kier alpha value is -1.67. The number of carbonyl (C=O) groups excluding carboxylic acids is 2. The number of rotatable bonds is 2. The summed E-state index contributed by atoms with van der Waals surface area (Å²) in [7, 11) is 0. The predicted molar refractivity (Wildman–Crippen MR) is 110 cm³/mol. The van der Waals surface area contributed by atoms with E-state index < -0.39 is 5.60 Å². The van der Waals surface area contributed by atoms with Gasteiger partial charge >= 0.3 is 6.09 Å². The van der Waals surface area contributed by atoms with Crippen LogP contribution in [0, 0.1) is 0 Å². The van der Waals surface area contributed by atoms with E-state index in [9.17, 15) is 9.59 Å². The number of hydrogen-bond acceptors (Lipinski definition) is 6. The van der Waals surface area contributed by atoms with Crippen molar-refractivity contribution in [2.24, 2.45) is 0 Å². The summed E-state index contributed by atoms with van der Waals surface area (Å²) in [6, 6.07) is 0. The standard InChI is InChI=1S/C20H33N3O4S/c1-15(2)17-21-16(14-28-17)18(24)22-8-6-7-9-23(11-13-26-12-10-22)19(25)27-20(3,4)5/h14-15H,6-13H2,1-5H3. The number of amides is 2. The predicted octanol–water partition coefficient (Wildman–Crippen LogP) is 3.76. The summed E-state index contributed by atoms with van der Waals surface area (Å²) < 4.78 is 11.2. The molecule has 0 atom stereocenters. The quantitative estimate of drug-likeness (QED) is 0.741. The Kier molecular flexibility index (Phi) is 8.24. The third kappa shape index (κ3) is 7.05. The van der Waals surface area contributed by atoms with Crippen molar-refractivity contribution < 1.29 is 19.1 Å². The highest BCUT2D eigenvalue weighted by molar-refractivity contribution is 7.09. The highest BCUT2D eigenvalue weighted by Crippen LogP contribution is 2.20. The van der Waals surface area contributed by atoms with Gasteiger partial charge in [-0.15, -0.1) is 11.3 Å². The molecule has 1 fully saturated rings. The molecule has 0 spiro atoms. The second-order valence-corrected chi connectivity index (χ2v) is 9.19. The monoisotopic (exact) mass is 411 g/mol. The Balaban J connectivity index is 1.95. The molecule has 0 radical (unpaired) electrons. The maximum atomic E-state index is 12.8. The van der Waals surface area contributed by atoms with Crippen LogP contribution in [0.1, 0.15) is 68.9 Å². The van der Waals surface area contributed by atoms with E-state index in [1.165, 1.54) is 11.3 Å². The van der Waals surface area contributed by atoms with Gasteiger partial charge in [0.05, 0.1) is 18.2 Å². The summed E-state index contributed by atoms with van der Waals surface area (Å²) in [5.74, 6) is 0.270. The van der Waals surface area contributed by atoms with Crippen LogP contribution in [0.3, 0.4) is 0 Å². The van der Waals surface area contributed by atoms with E-state index in [1.54, 1.807) is 4.90 Å². The van der Waals surface area contributed by atoms with Gasteiger partial charge in [-0.05, 0) is 33.6 Å². The maximum absolute atomic E-state index is 12.8. The van der Waals surface area contributed by atoms with Gasteiger partial charge in [0.15, 0.2) is 0 Å². The summed E-state index contributed by atoms with van der Waals surface area (Å²) in [4.78, 5) is 33.2. The van der Waals surface area contributed by atoms with Crippen molar-refractivity contribution in [3.63, 3.8) is 0 Å². The molecule has 0 unspecified atom stereocenters. The van der Waals surface area contributed by atoms with Crippen LogP contribution in [0.25, 0.3) is 0 Å². The van der Waals surface area contributed by atoms with Gasteiger partial charge in [-0.25, -0.2) is 9.78 Å². The zero-order valence-corrected chi connectivity index (χ0v) is 18.5. The van der Waals surface area contributed by atoms with E-state index in [0.717, 1.165) is 17.8 Å². The van der Waals surface area contributed by atoms with Crippen molar-refractivity contribution in [2.45, 2.75) is 59.0 Å². The lowest BCUT2D eigenvalue weighted by Crippen LogP contribution is -2.39. The van der Waals surface area contributed by atoms with Crippen LogP contribution in [-0.4, -0.2) is 71.8 Å². The van der Waals surface area contributed by atoms with Crippen molar-refractivity contribution >= 4 is 23.3 Å². The first-order valence-corrected chi connectivity index (χ1v) is 10.9. The maximum Gasteiger partial charge on any atom is 0.410 e. The molecular weight excluding hydrogens is 378 g/mol. The van der Waals surface area contributed by atoms with Crippen molar-refractivity contribution in [1.82, 2.24) is 14.8 Å². The van der Waals surface area contributed by atoms with E-state index in [1.807, 2.05) is 31.1 Å². The SMILES string of the molecule is CC(C)c1nc(C(=O)N2CCCCN(C(=O)OC(C)(C)C)CCOCC2)cs1. The average Bonchev–Trinajstić information content (AvgIpc) is 3.07. The number of nitrogens with zero attached hydrogens (tertiary/aromatic N) is 3. The molecule has 0 saturated carbocycles. The minimum Gasteiger partial charge on any atom is -0.444 e. The minimum atomic E-state index is -0.518. The Morgan fingerprint density at radius 2 is 1.71 bits per heavy atom. The highest BCUT2D eigenvalue weighted by Gasteiger charge is 2.23. The smallest absolute Gasteiger partial charge is 0.410 e. The molecule has 1 aromatic rings. The van der Waals surface area contributed by atoms with Gasteiger partial charge in [-0.2, -0.15) is 0 Å². The normalized spacial score (nSPS) is 17.4. The number of carbonyl (C=O) groups is 2. The molecule has 8 heteroatoms. The molecule has 158 valence electrons. The summed E-state index contributed by atoms with van der Waals surface area (Å²) >= 11 is 1.53. The molecule has 0 aliphatic carbocycles. The zero-order valence-electron chi connectivity index (χ0n) is 17.7. The molecular formula is C20H33N3O4S. The Bertz CT molecular complexity index is 654. The van der Waals surface area contributed by atoms with Gasteiger partial charge in [0.25, 0.3) is 5.91 Å². The lowest BCUT2D eigenvalue weighted by molar-refractivity contribution is 0.0174. The fourth-order valence-corrected chi connectivity index (χ4v) is 3.61. The Morgan fingerprint density at radius 3 is 2.29 bits per heavy atom. The molecule has 1 aliphatic heterocycles. The van der Waals surface area contributed by atoms with Gasteiger partial charge in [0, 0.05) is 37.5 Å². The minimum absolute atomic E-state index is 0.0463. The van der Waals surface area contributed by atoms with E-state index in [2.05, 4.69) is 18.8 Å². The van der Waals surface area contributed by atoms with Crippen LogP contribution in [0.15, 0.2) is 5.38 Å². The van der Waals surface area contributed by atoms with Crippen LogP contribution in [0.4, 0.5) is 4.79 Å². The largest absolute Gasteiger partial charge is 0.444 e. The molecule has 7 nitrogen and oxygen atoms in total. The van der Waals surface area contributed by atoms with E-state index in [-0.39, 0.29) is 12.0 Å². The molecule has 2 amide bonds. The fraction of sp³-hybridized carbons (Fsp3) is 0.750. The van der Waals surface area contributed by atoms with Gasteiger partial charge in [-0.1, -0.05) is 13.8 Å². The van der Waals surface area contributed by atoms with Crippen molar-refractivity contribution in [3.8, 4) is 0 Å². The van der Waals surface area contributed by atoms with Crippen LogP contribution >= 0.6 is 11.3 Å². The summed E-state index contributed by atoms with van der Waals surface area (Å²) in [6.07, 6.45) is 1.30. The summed E-state index contributed by atoms with van der Waals surface area (Å²) in [5, 5.41) is 2.82. The third-order valence-electron chi connectivity index (χ3n) is 4.29. The number of thiazole rings is 1. The average molecular weight is 412 g/mol. The molecule has 1 aliphatic rings. The number of ether oxygens (including phenoxy) is 2. The topological polar surface area (TPSA) is 72.0 Å². The first kappa shape index (κ1) is 22.6. The van der Waals surface area contributed by atoms with Gasteiger partial charge in [0.2, 0.25) is 0 Å². The van der Waals surface area contributed by atoms with E-state index in [4.69, 9.17) is 9.47 Å². The summed E-state index contributed by atoms with van der Waals surface area (Å²) in [6.45, 7) is 12.8. The summed E-state index contributed by atoms with van der Waals surface area (Å²) in [5.41, 5.74) is -0.00519. The lowest BCUT2D eigenvalue weighted by Gasteiger charge is -2.27. The van der Waals surface area contributed by atoms with E-state index in [0.29, 0.717) is 51.0 Å². The van der Waals surface area contributed by atoms with E-state index >= 15 is 0 Å². The van der Waals surface area contributed by atoms with Crippen LogP contribution < -0.4 is 0 Å². The first-order valence-electron chi connectivity index (χ1n) is 9.98. The lowest BCUT2D eigenvalue weighted by atomic mass is 10.2. The second-order valence-electron chi connectivity index (χ2n) is 8.30. The van der Waals surface area contributed by atoms with Crippen molar-refractivity contribution in [2.75, 3.05) is 39.4 Å². The third-order valence-corrected chi connectivity index (χ3v) is 5.44. The van der Waals surface area contributed by atoms with Crippen molar-refractivity contribution in [1.29, 1.82) is 0 Å². The Labute approximate surface area is 172 Å². The van der Waals surface area contributed by atoms with Gasteiger partial charge in [-0.3, -0.25) is 4.79 Å². The fourth-order valence-electron chi connectivity index (χ4n) is 2.81. The van der Waals surface area contributed by atoms with Crippen LogP contribution in [0.2, 0.25) is 0 Å². The second kappa shape index (κ2) is 10.2. The van der Waals surface area contributed by atoms with Crippen molar-refractivity contribution in [3.05, 3.63) is 16.1 Å². The molecule has 28 heavy (non-hydrogen) atoms. The molecule has 1 aromatic heterocycles.